The molecule has 0 amide bonds. The normalized spacial score (nSPS) is 36.1. The zero-order valence-electron chi connectivity index (χ0n) is 11.1. The van der Waals surface area contributed by atoms with Crippen LogP contribution in [0.1, 0.15) is 32.1 Å². The summed E-state index contributed by atoms with van der Waals surface area (Å²) >= 11 is 0. The molecular weight excluding hydrogens is 250 g/mol. The topological polar surface area (TPSA) is 43.9 Å². The van der Waals surface area contributed by atoms with E-state index in [4.69, 9.17) is 0 Å². The lowest BCUT2D eigenvalue weighted by Gasteiger charge is -2.28. The number of hydrogen-bond acceptors (Lipinski definition) is 3. The molecule has 18 heavy (non-hydrogen) atoms. The van der Waals surface area contributed by atoms with E-state index in [-0.39, 0.29) is 0 Å². The monoisotopic (exact) mass is 273 g/mol. The zero-order chi connectivity index (χ0) is 12.8. The number of nitrogens with zero attached hydrogens (tertiary/aromatic N) is 3. The Morgan fingerprint density at radius 3 is 2.28 bits per heavy atom. The summed E-state index contributed by atoms with van der Waals surface area (Å²) in [4.78, 5) is 2.39. The minimum absolute atomic E-state index is 0.426. The van der Waals surface area contributed by atoms with Crippen LogP contribution in [0.25, 0.3) is 0 Å². The van der Waals surface area contributed by atoms with Crippen LogP contribution >= 0.6 is 0 Å². The van der Waals surface area contributed by atoms with Crippen LogP contribution in [-0.2, 0) is 10.2 Å². The van der Waals surface area contributed by atoms with E-state index in [9.17, 15) is 8.42 Å². The zero-order valence-corrected chi connectivity index (χ0v) is 11.9. The molecule has 0 aromatic rings. The number of fused-ring (bicyclic) bond motifs is 2. The first-order valence-corrected chi connectivity index (χ1v) is 8.46. The van der Waals surface area contributed by atoms with E-state index in [1.54, 1.807) is 8.61 Å². The minimum atomic E-state index is -3.19. The SMILES string of the molecule is CN1[C@@H]2CC[C@@H]1CN(S(=O)(=O)N1CCCC1)CC2. The van der Waals surface area contributed by atoms with Crippen molar-refractivity contribution in [3.8, 4) is 0 Å². The van der Waals surface area contributed by atoms with Crippen LogP contribution in [0.2, 0.25) is 0 Å². The number of rotatable bonds is 2. The van der Waals surface area contributed by atoms with Crippen molar-refractivity contribution < 1.29 is 8.42 Å². The predicted molar refractivity (Wildman–Crippen MR) is 70.5 cm³/mol. The fourth-order valence-corrected chi connectivity index (χ4v) is 5.31. The van der Waals surface area contributed by atoms with E-state index in [1.807, 2.05) is 0 Å². The van der Waals surface area contributed by atoms with Gasteiger partial charge in [0.05, 0.1) is 0 Å². The first-order chi connectivity index (χ1) is 8.59. The van der Waals surface area contributed by atoms with E-state index < -0.39 is 10.2 Å². The van der Waals surface area contributed by atoms with Crippen molar-refractivity contribution in [3.63, 3.8) is 0 Å². The molecule has 3 aliphatic rings. The Kier molecular flexibility index (Phi) is 3.38. The summed E-state index contributed by atoms with van der Waals surface area (Å²) in [6.45, 7) is 2.81. The third-order valence-electron chi connectivity index (χ3n) is 4.83. The van der Waals surface area contributed by atoms with E-state index in [0.717, 1.165) is 25.7 Å². The van der Waals surface area contributed by atoms with Crippen molar-refractivity contribution in [2.75, 3.05) is 33.2 Å². The summed E-state index contributed by atoms with van der Waals surface area (Å²) in [6, 6.07) is 1.02. The van der Waals surface area contributed by atoms with Gasteiger partial charge in [-0.2, -0.15) is 17.0 Å². The van der Waals surface area contributed by atoms with Gasteiger partial charge in [0, 0.05) is 38.3 Å². The highest BCUT2D eigenvalue weighted by Crippen LogP contribution is 2.30. The predicted octanol–water partition coefficient (Wildman–Crippen LogP) is 0.496. The van der Waals surface area contributed by atoms with Gasteiger partial charge in [0.2, 0.25) is 0 Å². The molecule has 3 rings (SSSR count). The quantitative estimate of drug-likeness (QED) is 0.736. The lowest BCUT2D eigenvalue weighted by atomic mass is 10.1. The van der Waals surface area contributed by atoms with Crippen molar-refractivity contribution in [1.29, 1.82) is 0 Å². The second-order valence-corrected chi connectivity index (χ2v) is 7.74. The van der Waals surface area contributed by atoms with Crippen molar-refractivity contribution in [2.24, 2.45) is 0 Å². The molecule has 2 bridgehead atoms. The van der Waals surface area contributed by atoms with Crippen molar-refractivity contribution in [2.45, 2.75) is 44.2 Å². The second kappa shape index (κ2) is 4.74. The molecule has 0 spiro atoms. The average Bonchev–Trinajstić information content (AvgIpc) is 2.88. The molecule has 5 nitrogen and oxygen atoms in total. The van der Waals surface area contributed by atoms with Crippen molar-refractivity contribution >= 4 is 10.2 Å². The highest BCUT2D eigenvalue weighted by Gasteiger charge is 2.40. The van der Waals surface area contributed by atoms with Gasteiger partial charge in [-0.05, 0) is 39.2 Å². The van der Waals surface area contributed by atoms with Crippen LogP contribution in [0.3, 0.4) is 0 Å². The summed E-state index contributed by atoms with van der Waals surface area (Å²) in [5.41, 5.74) is 0. The molecule has 0 radical (unpaired) electrons. The minimum Gasteiger partial charge on any atom is -0.299 e. The third-order valence-corrected chi connectivity index (χ3v) is 6.83. The molecule has 3 fully saturated rings. The molecular formula is C12H23N3O2S. The lowest BCUT2D eigenvalue weighted by molar-refractivity contribution is 0.245. The van der Waals surface area contributed by atoms with Crippen LogP contribution < -0.4 is 0 Å². The maximum Gasteiger partial charge on any atom is 0.282 e. The molecule has 0 aromatic carbocycles. The lowest BCUT2D eigenvalue weighted by Crippen LogP contribution is -2.46. The summed E-state index contributed by atoms with van der Waals surface area (Å²) in [6.07, 6.45) is 5.39. The Bertz CT molecular complexity index is 406. The van der Waals surface area contributed by atoms with Gasteiger partial charge in [-0.3, -0.25) is 4.90 Å². The Balaban J connectivity index is 1.76. The second-order valence-electron chi connectivity index (χ2n) is 5.81. The fraction of sp³-hybridized carbons (Fsp3) is 1.00. The van der Waals surface area contributed by atoms with Gasteiger partial charge < -0.3 is 0 Å². The molecule has 0 N–H and O–H groups in total. The van der Waals surface area contributed by atoms with Crippen molar-refractivity contribution in [1.82, 2.24) is 13.5 Å². The molecule has 0 aliphatic carbocycles. The largest absolute Gasteiger partial charge is 0.299 e. The average molecular weight is 273 g/mol. The van der Waals surface area contributed by atoms with E-state index >= 15 is 0 Å². The number of hydrogen-bond donors (Lipinski definition) is 0. The first-order valence-electron chi connectivity index (χ1n) is 7.06. The van der Waals surface area contributed by atoms with Crippen LogP contribution in [0.15, 0.2) is 0 Å². The van der Waals surface area contributed by atoms with Crippen LogP contribution in [0, 0.1) is 0 Å². The Labute approximate surface area is 110 Å². The molecule has 0 aromatic heterocycles. The van der Waals surface area contributed by atoms with Gasteiger partial charge in [0.15, 0.2) is 0 Å². The van der Waals surface area contributed by atoms with Gasteiger partial charge >= 0.3 is 0 Å². The fourth-order valence-electron chi connectivity index (χ4n) is 3.57. The summed E-state index contributed by atoms with van der Waals surface area (Å²) < 4.78 is 28.5. The highest BCUT2D eigenvalue weighted by molar-refractivity contribution is 7.86. The molecule has 3 heterocycles. The van der Waals surface area contributed by atoms with Crippen LogP contribution in [0.4, 0.5) is 0 Å². The van der Waals surface area contributed by atoms with Gasteiger partial charge in [0.25, 0.3) is 10.2 Å². The maximum atomic E-state index is 12.6. The molecule has 6 heteroatoms. The van der Waals surface area contributed by atoms with Gasteiger partial charge in [0.1, 0.15) is 0 Å². The van der Waals surface area contributed by atoms with Gasteiger partial charge in [-0.1, -0.05) is 0 Å². The molecule has 2 atom stereocenters. The van der Waals surface area contributed by atoms with Crippen LogP contribution in [0.5, 0.6) is 0 Å². The molecule has 104 valence electrons. The maximum absolute atomic E-state index is 12.6. The molecule has 3 saturated heterocycles. The first kappa shape index (κ1) is 12.8. The summed E-state index contributed by atoms with van der Waals surface area (Å²) in [5, 5.41) is 0. The standard InChI is InChI=1S/C12H23N3O2S/c1-13-11-4-5-12(13)10-15(9-6-11)18(16,17)14-7-2-3-8-14/h11-12H,2-10H2,1H3/t11-,12-/m1/s1. The van der Waals surface area contributed by atoms with E-state index in [0.29, 0.717) is 38.3 Å². The highest BCUT2D eigenvalue weighted by atomic mass is 32.2. The third kappa shape index (κ3) is 2.09. The Morgan fingerprint density at radius 2 is 1.56 bits per heavy atom. The summed E-state index contributed by atoms with van der Waals surface area (Å²) in [7, 11) is -1.04. The van der Waals surface area contributed by atoms with Crippen molar-refractivity contribution in [3.05, 3.63) is 0 Å². The van der Waals surface area contributed by atoms with Gasteiger partial charge in [-0.15, -0.1) is 0 Å². The smallest absolute Gasteiger partial charge is 0.282 e. The molecule has 0 saturated carbocycles. The molecule has 3 aliphatic heterocycles. The molecule has 0 unspecified atom stereocenters. The van der Waals surface area contributed by atoms with Gasteiger partial charge in [-0.25, -0.2) is 0 Å². The van der Waals surface area contributed by atoms with E-state index in [1.165, 1.54) is 6.42 Å². The number of likely N-dealkylation sites (N-methyl/N-ethyl adjacent to an activating group) is 1. The summed E-state index contributed by atoms with van der Waals surface area (Å²) in [5.74, 6) is 0. The van der Waals surface area contributed by atoms with E-state index in [2.05, 4.69) is 11.9 Å². The van der Waals surface area contributed by atoms with Crippen LogP contribution in [-0.4, -0.2) is 67.2 Å². The Morgan fingerprint density at radius 1 is 0.889 bits per heavy atom. The Hall–Kier alpha value is -0.170.